The molecule has 0 bridgehead atoms. The van der Waals surface area contributed by atoms with E-state index in [2.05, 4.69) is 79.7 Å². The van der Waals surface area contributed by atoms with E-state index in [0.29, 0.717) is 25.0 Å². The van der Waals surface area contributed by atoms with E-state index in [1.165, 1.54) is 24.0 Å². The summed E-state index contributed by atoms with van der Waals surface area (Å²) in [5.41, 5.74) is 2.00. The third-order valence-corrected chi connectivity index (χ3v) is 6.58. The topological polar surface area (TPSA) is 27.7 Å². The molecule has 0 saturated carbocycles. The predicted octanol–water partition coefficient (Wildman–Crippen LogP) is 7.13. The van der Waals surface area contributed by atoms with Crippen LogP contribution in [-0.4, -0.2) is 30.5 Å². The summed E-state index contributed by atoms with van der Waals surface area (Å²) >= 11 is 0. The first-order valence-electron chi connectivity index (χ1n) is 12.0. The van der Waals surface area contributed by atoms with E-state index in [4.69, 9.17) is 14.2 Å². The van der Waals surface area contributed by atoms with Crippen LogP contribution in [0.3, 0.4) is 0 Å². The van der Waals surface area contributed by atoms with Crippen LogP contribution in [0.25, 0.3) is 0 Å². The van der Waals surface area contributed by atoms with Crippen molar-refractivity contribution < 1.29 is 14.2 Å². The fourth-order valence-corrected chi connectivity index (χ4v) is 4.26. The van der Waals surface area contributed by atoms with Crippen molar-refractivity contribution >= 4 is 0 Å². The summed E-state index contributed by atoms with van der Waals surface area (Å²) in [7, 11) is 0. The van der Waals surface area contributed by atoms with Crippen molar-refractivity contribution in [3.8, 4) is 0 Å². The summed E-state index contributed by atoms with van der Waals surface area (Å²) in [6, 6.07) is 8.97. The lowest BCUT2D eigenvalue weighted by Gasteiger charge is -2.39. The summed E-state index contributed by atoms with van der Waals surface area (Å²) in [4.78, 5) is 0. The first-order chi connectivity index (χ1) is 14.0. The summed E-state index contributed by atoms with van der Waals surface area (Å²) in [5.74, 6) is 2.02. The predicted molar refractivity (Wildman–Crippen MR) is 126 cm³/mol. The molecule has 1 saturated heterocycles. The first-order valence-corrected chi connectivity index (χ1v) is 12.0. The minimum absolute atomic E-state index is 0.176. The highest BCUT2D eigenvalue weighted by Crippen LogP contribution is 2.30. The monoisotopic (exact) mass is 418 g/mol. The molecule has 0 aliphatic carbocycles. The molecule has 30 heavy (non-hydrogen) atoms. The Balaban J connectivity index is 1.83. The van der Waals surface area contributed by atoms with Crippen LogP contribution >= 0.6 is 0 Å². The van der Waals surface area contributed by atoms with Gasteiger partial charge >= 0.3 is 0 Å². The summed E-state index contributed by atoms with van der Waals surface area (Å²) < 4.78 is 18.5. The maximum absolute atomic E-state index is 6.28. The van der Waals surface area contributed by atoms with Gasteiger partial charge in [-0.25, -0.2) is 0 Å². The molecule has 0 aromatic heterocycles. The third-order valence-electron chi connectivity index (χ3n) is 6.58. The molecule has 1 aromatic rings. The second kappa shape index (κ2) is 11.1. The van der Waals surface area contributed by atoms with Crippen molar-refractivity contribution in [2.45, 2.75) is 111 Å². The lowest BCUT2D eigenvalue weighted by Crippen LogP contribution is -2.46. The third kappa shape index (κ3) is 7.98. The van der Waals surface area contributed by atoms with Gasteiger partial charge in [-0.3, -0.25) is 0 Å². The van der Waals surface area contributed by atoms with E-state index in [1.54, 1.807) is 0 Å². The number of ether oxygens (including phenoxy) is 3. The van der Waals surface area contributed by atoms with Crippen molar-refractivity contribution in [1.29, 1.82) is 0 Å². The molecule has 1 aromatic carbocycles. The highest BCUT2D eigenvalue weighted by Gasteiger charge is 2.34. The van der Waals surface area contributed by atoms with Crippen molar-refractivity contribution in [3.63, 3.8) is 0 Å². The molecule has 0 N–H and O–H groups in total. The quantitative estimate of drug-likeness (QED) is 0.382. The molecule has 1 fully saturated rings. The van der Waals surface area contributed by atoms with Crippen LogP contribution in [0.2, 0.25) is 0 Å². The van der Waals surface area contributed by atoms with Gasteiger partial charge in [-0.15, -0.1) is 0 Å². The second-order valence-electron chi connectivity index (χ2n) is 10.9. The Labute approximate surface area is 185 Å². The van der Waals surface area contributed by atoms with Crippen molar-refractivity contribution in [1.82, 2.24) is 0 Å². The van der Waals surface area contributed by atoms with Crippen LogP contribution in [0.4, 0.5) is 0 Å². The lowest BCUT2D eigenvalue weighted by molar-refractivity contribution is -0.178. The fraction of sp³-hybridized carbons (Fsp3) is 0.778. The Morgan fingerprint density at radius 1 is 0.967 bits per heavy atom. The summed E-state index contributed by atoms with van der Waals surface area (Å²) in [6.45, 7) is 19.8. The van der Waals surface area contributed by atoms with Gasteiger partial charge in [-0.1, -0.05) is 52.0 Å². The molecule has 172 valence electrons. The highest BCUT2D eigenvalue weighted by atomic mass is 16.6. The summed E-state index contributed by atoms with van der Waals surface area (Å²) in [6.07, 6.45) is 4.91. The Morgan fingerprint density at radius 3 is 2.20 bits per heavy atom. The molecule has 3 unspecified atom stereocenters. The molecule has 3 nitrogen and oxygen atoms in total. The SMILES string of the molecule is CC(C)CC(C)C(C)c1ccc(COC(C)(C)COC(C)(C)C2CCCCO2)cc1. The van der Waals surface area contributed by atoms with Gasteiger partial charge in [0, 0.05) is 6.61 Å². The number of benzene rings is 1. The first kappa shape index (κ1) is 25.4. The van der Waals surface area contributed by atoms with Gasteiger partial charge in [-0.2, -0.15) is 0 Å². The van der Waals surface area contributed by atoms with Gasteiger partial charge in [0.15, 0.2) is 0 Å². The summed E-state index contributed by atoms with van der Waals surface area (Å²) in [5, 5.41) is 0. The van der Waals surface area contributed by atoms with Gasteiger partial charge in [0.05, 0.1) is 30.5 Å². The van der Waals surface area contributed by atoms with Crippen LogP contribution in [-0.2, 0) is 20.8 Å². The van der Waals surface area contributed by atoms with E-state index < -0.39 is 0 Å². The molecule has 2 rings (SSSR count). The van der Waals surface area contributed by atoms with E-state index in [9.17, 15) is 0 Å². The van der Waals surface area contributed by atoms with Crippen molar-refractivity contribution in [2.24, 2.45) is 11.8 Å². The second-order valence-corrected chi connectivity index (χ2v) is 10.9. The largest absolute Gasteiger partial charge is 0.375 e. The Bertz CT molecular complexity index is 612. The maximum atomic E-state index is 6.28. The molecule has 0 spiro atoms. The van der Waals surface area contributed by atoms with Crippen LogP contribution in [0.1, 0.15) is 98.1 Å². The van der Waals surface area contributed by atoms with E-state index in [1.807, 2.05) is 0 Å². The van der Waals surface area contributed by atoms with Crippen LogP contribution in [0.5, 0.6) is 0 Å². The van der Waals surface area contributed by atoms with Gasteiger partial charge in [-0.05, 0) is 82.3 Å². The number of hydrogen-bond donors (Lipinski definition) is 0. The van der Waals surface area contributed by atoms with Crippen LogP contribution < -0.4 is 0 Å². The minimum Gasteiger partial charge on any atom is -0.375 e. The van der Waals surface area contributed by atoms with Crippen molar-refractivity contribution in [3.05, 3.63) is 35.4 Å². The zero-order valence-electron chi connectivity index (χ0n) is 20.8. The number of rotatable bonds is 11. The van der Waals surface area contributed by atoms with Crippen LogP contribution in [0, 0.1) is 11.8 Å². The average Bonchev–Trinajstić information content (AvgIpc) is 2.71. The molecule has 0 amide bonds. The maximum Gasteiger partial charge on any atom is 0.0888 e. The fourth-order valence-electron chi connectivity index (χ4n) is 4.26. The smallest absolute Gasteiger partial charge is 0.0888 e. The van der Waals surface area contributed by atoms with E-state index in [0.717, 1.165) is 25.4 Å². The molecule has 1 aliphatic rings. The minimum atomic E-state index is -0.344. The Morgan fingerprint density at radius 2 is 1.63 bits per heavy atom. The number of hydrogen-bond acceptors (Lipinski definition) is 3. The molecular weight excluding hydrogens is 372 g/mol. The highest BCUT2D eigenvalue weighted by molar-refractivity contribution is 5.25. The lowest BCUT2D eigenvalue weighted by atomic mass is 9.83. The Hall–Kier alpha value is -0.900. The van der Waals surface area contributed by atoms with Gasteiger partial charge in [0.1, 0.15) is 0 Å². The zero-order chi connectivity index (χ0) is 22.4. The van der Waals surface area contributed by atoms with Crippen molar-refractivity contribution in [2.75, 3.05) is 13.2 Å². The van der Waals surface area contributed by atoms with Gasteiger partial charge < -0.3 is 14.2 Å². The normalized spacial score (nSPS) is 20.4. The van der Waals surface area contributed by atoms with E-state index >= 15 is 0 Å². The Kier molecular flexibility index (Phi) is 9.39. The molecule has 3 heteroatoms. The average molecular weight is 419 g/mol. The standard InChI is InChI=1S/C27H46O3/c1-20(2)17-21(3)22(4)24-14-12-23(13-15-24)18-29-26(5,6)19-30-27(7,8)25-11-9-10-16-28-25/h12-15,20-22,25H,9-11,16-19H2,1-8H3. The molecular formula is C27H46O3. The van der Waals surface area contributed by atoms with Crippen LogP contribution in [0.15, 0.2) is 24.3 Å². The molecule has 1 heterocycles. The molecule has 3 atom stereocenters. The zero-order valence-corrected chi connectivity index (χ0v) is 20.8. The molecule has 0 radical (unpaired) electrons. The van der Waals surface area contributed by atoms with E-state index in [-0.39, 0.29) is 17.3 Å². The molecule has 1 aliphatic heterocycles. The van der Waals surface area contributed by atoms with Gasteiger partial charge in [0.25, 0.3) is 0 Å². The van der Waals surface area contributed by atoms with Gasteiger partial charge in [0.2, 0.25) is 0 Å².